The van der Waals surface area contributed by atoms with Gasteiger partial charge in [-0.1, -0.05) is 44.2 Å². The third-order valence-corrected chi connectivity index (χ3v) is 5.01. The third kappa shape index (κ3) is 4.55. The van der Waals surface area contributed by atoms with Gasteiger partial charge in [0.25, 0.3) is 5.91 Å². The summed E-state index contributed by atoms with van der Waals surface area (Å²) in [7, 11) is 0. The molecule has 5 nitrogen and oxygen atoms in total. The first kappa shape index (κ1) is 19.1. The maximum absolute atomic E-state index is 12.5. The molecule has 1 aliphatic heterocycles. The summed E-state index contributed by atoms with van der Waals surface area (Å²) in [5.74, 6) is 0.405. The highest BCUT2D eigenvalue weighted by Crippen LogP contribution is 2.22. The van der Waals surface area contributed by atoms with Crippen molar-refractivity contribution in [3.63, 3.8) is 0 Å². The van der Waals surface area contributed by atoms with E-state index in [1.54, 1.807) is 23.1 Å². The summed E-state index contributed by atoms with van der Waals surface area (Å²) >= 11 is 0. The molecule has 2 aromatic carbocycles. The molecule has 0 spiro atoms. The fourth-order valence-corrected chi connectivity index (χ4v) is 3.29. The molecule has 142 valence electrons. The second kappa shape index (κ2) is 8.35. The molecule has 1 aliphatic rings. The van der Waals surface area contributed by atoms with E-state index in [1.165, 1.54) is 5.56 Å². The van der Waals surface area contributed by atoms with E-state index in [1.807, 2.05) is 18.2 Å². The minimum atomic E-state index is -0.265. The molecule has 1 heterocycles. The fraction of sp³-hybridized carbons (Fsp3) is 0.364. The van der Waals surface area contributed by atoms with Gasteiger partial charge < -0.3 is 16.0 Å². The lowest BCUT2D eigenvalue weighted by molar-refractivity contribution is -0.117. The highest BCUT2D eigenvalue weighted by atomic mass is 16.2. The van der Waals surface area contributed by atoms with Crippen LogP contribution in [0.5, 0.6) is 0 Å². The molecule has 0 aromatic heterocycles. The minimum Gasteiger partial charge on any atom is -0.350 e. The number of hydrogen-bond acceptors (Lipinski definition) is 3. The largest absolute Gasteiger partial charge is 0.350 e. The number of anilines is 1. The van der Waals surface area contributed by atoms with E-state index in [0.29, 0.717) is 31.0 Å². The number of rotatable bonds is 6. The van der Waals surface area contributed by atoms with Gasteiger partial charge in [-0.05, 0) is 41.7 Å². The van der Waals surface area contributed by atoms with Crippen molar-refractivity contribution in [2.24, 2.45) is 5.73 Å². The first-order chi connectivity index (χ1) is 13.0. The predicted octanol–water partition coefficient (Wildman–Crippen LogP) is 3.37. The molecule has 0 bridgehead atoms. The quantitative estimate of drug-likeness (QED) is 0.824. The van der Waals surface area contributed by atoms with Gasteiger partial charge in [-0.3, -0.25) is 9.59 Å². The van der Waals surface area contributed by atoms with Gasteiger partial charge in [0.2, 0.25) is 5.91 Å². The van der Waals surface area contributed by atoms with Crippen LogP contribution in [0, 0.1) is 0 Å². The zero-order valence-electron chi connectivity index (χ0n) is 15.9. The molecule has 1 atom stereocenters. The topological polar surface area (TPSA) is 75.4 Å². The molecular weight excluding hydrogens is 338 g/mol. The van der Waals surface area contributed by atoms with Crippen LogP contribution in [-0.2, 0) is 4.79 Å². The van der Waals surface area contributed by atoms with Gasteiger partial charge >= 0.3 is 0 Å². The first-order valence-electron chi connectivity index (χ1n) is 9.50. The molecular formula is C22H27N3O2. The molecule has 2 aromatic rings. The van der Waals surface area contributed by atoms with Crippen LogP contribution >= 0.6 is 0 Å². The minimum absolute atomic E-state index is 0.111. The Hall–Kier alpha value is -2.66. The van der Waals surface area contributed by atoms with Crippen molar-refractivity contribution in [2.45, 2.75) is 38.6 Å². The molecule has 2 amide bonds. The van der Waals surface area contributed by atoms with Crippen LogP contribution in [0.3, 0.4) is 0 Å². The smallest absolute Gasteiger partial charge is 0.251 e. The summed E-state index contributed by atoms with van der Waals surface area (Å²) in [5.41, 5.74) is 9.80. The van der Waals surface area contributed by atoms with E-state index in [9.17, 15) is 9.59 Å². The lowest BCUT2D eigenvalue weighted by Gasteiger charge is -2.17. The van der Waals surface area contributed by atoms with Crippen molar-refractivity contribution < 1.29 is 9.59 Å². The van der Waals surface area contributed by atoms with Gasteiger partial charge in [0.1, 0.15) is 0 Å². The molecule has 1 fully saturated rings. The Morgan fingerprint density at radius 1 is 1.15 bits per heavy atom. The Morgan fingerprint density at radius 3 is 2.48 bits per heavy atom. The molecule has 3 N–H and O–H groups in total. The van der Waals surface area contributed by atoms with Crippen molar-refractivity contribution in [3.05, 3.63) is 65.2 Å². The summed E-state index contributed by atoms with van der Waals surface area (Å²) in [6.45, 7) is 5.37. The van der Waals surface area contributed by atoms with Crippen LogP contribution in [0.25, 0.3) is 0 Å². The van der Waals surface area contributed by atoms with E-state index in [-0.39, 0.29) is 17.9 Å². The summed E-state index contributed by atoms with van der Waals surface area (Å²) < 4.78 is 0. The van der Waals surface area contributed by atoms with Gasteiger partial charge in [-0.15, -0.1) is 0 Å². The van der Waals surface area contributed by atoms with E-state index < -0.39 is 0 Å². The Bertz CT molecular complexity index is 815. The number of carbonyl (C=O) groups is 2. The lowest BCUT2D eigenvalue weighted by Crippen LogP contribution is -2.32. The van der Waals surface area contributed by atoms with Crippen LogP contribution in [0.4, 0.5) is 5.69 Å². The highest BCUT2D eigenvalue weighted by molar-refractivity contribution is 5.99. The van der Waals surface area contributed by atoms with Crippen molar-refractivity contribution in [2.75, 3.05) is 18.0 Å². The monoisotopic (exact) mass is 365 g/mol. The Morgan fingerprint density at radius 2 is 1.85 bits per heavy atom. The van der Waals surface area contributed by atoms with Crippen LogP contribution in [0.15, 0.2) is 48.5 Å². The summed E-state index contributed by atoms with van der Waals surface area (Å²) in [6, 6.07) is 15.1. The van der Waals surface area contributed by atoms with Gasteiger partial charge in [0.15, 0.2) is 0 Å². The Kier molecular flexibility index (Phi) is 5.91. The van der Waals surface area contributed by atoms with Crippen LogP contribution in [0.1, 0.15) is 60.1 Å². The molecule has 5 heteroatoms. The Balaban J connectivity index is 1.61. The van der Waals surface area contributed by atoms with E-state index >= 15 is 0 Å². The average Bonchev–Trinajstić information content (AvgIpc) is 3.12. The zero-order chi connectivity index (χ0) is 19.4. The molecule has 3 rings (SSSR count). The molecule has 1 saturated heterocycles. The van der Waals surface area contributed by atoms with Gasteiger partial charge in [-0.2, -0.15) is 0 Å². The van der Waals surface area contributed by atoms with Crippen molar-refractivity contribution in [1.29, 1.82) is 0 Å². The van der Waals surface area contributed by atoms with E-state index in [4.69, 9.17) is 5.73 Å². The summed E-state index contributed by atoms with van der Waals surface area (Å²) in [4.78, 5) is 26.1. The predicted molar refractivity (Wildman–Crippen MR) is 108 cm³/mol. The van der Waals surface area contributed by atoms with Crippen LogP contribution in [-0.4, -0.2) is 24.9 Å². The molecule has 1 unspecified atom stereocenters. The number of nitrogens with zero attached hydrogens (tertiary/aromatic N) is 1. The SMILES string of the molecule is CC(C)c1ccc(C(N)CNC(=O)c2cccc(N3CCCC3=O)c2)cc1. The van der Waals surface area contributed by atoms with Gasteiger partial charge in [-0.25, -0.2) is 0 Å². The van der Waals surface area contributed by atoms with Crippen molar-refractivity contribution >= 4 is 17.5 Å². The molecule has 27 heavy (non-hydrogen) atoms. The fourth-order valence-electron chi connectivity index (χ4n) is 3.29. The normalized spacial score (nSPS) is 15.3. The molecule has 0 aliphatic carbocycles. The lowest BCUT2D eigenvalue weighted by atomic mass is 9.99. The highest BCUT2D eigenvalue weighted by Gasteiger charge is 2.22. The standard InChI is InChI=1S/C22H27N3O2/c1-15(2)16-8-10-17(11-9-16)20(23)14-24-22(27)18-5-3-6-19(13-18)25-12-4-7-21(25)26/h3,5-6,8-11,13,15,20H,4,7,12,14,23H2,1-2H3,(H,24,27). The van der Waals surface area contributed by atoms with E-state index in [0.717, 1.165) is 17.7 Å². The van der Waals surface area contributed by atoms with Crippen LogP contribution < -0.4 is 16.0 Å². The van der Waals surface area contributed by atoms with Gasteiger partial charge in [0.05, 0.1) is 0 Å². The molecule has 0 radical (unpaired) electrons. The summed E-state index contributed by atoms with van der Waals surface area (Å²) in [6.07, 6.45) is 1.43. The van der Waals surface area contributed by atoms with Crippen molar-refractivity contribution in [3.8, 4) is 0 Å². The number of hydrogen-bond donors (Lipinski definition) is 2. The van der Waals surface area contributed by atoms with E-state index in [2.05, 4.69) is 31.3 Å². The number of benzene rings is 2. The second-order valence-corrected chi connectivity index (χ2v) is 7.34. The maximum Gasteiger partial charge on any atom is 0.251 e. The van der Waals surface area contributed by atoms with Crippen LogP contribution in [0.2, 0.25) is 0 Å². The number of nitrogens with one attached hydrogen (secondary N) is 1. The number of carbonyl (C=O) groups excluding carboxylic acids is 2. The van der Waals surface area contributed by atoms with Crippen molar-refractivity contribution in [1.82, 2.24) is 5.32 Å². The average molecular weight is 365 g/mol. The number of nitrogens with two attached hydrogens (primary N) is 1. The maximum atomic E-state index is 12.5. The first-order valence-corrected chi connectivity index (χ1v) is 9.50. The molecule has 0 saturated carbocycles. The summed E-state index contributed by atoms with van der Waals surface area (Å²) in [5, 5.41) is 2.90. The Labute approximate surface area is 160 Å². The zero-order valence-corrected chi connectivity index (χ0v) is 15.9. The third-order valence-electron chi connectivity index (χ3n) is 5.01. The second-order valence-electron chi connectivity index (χ2n) is 7.34. The van der Waals surface area contributed by atoms with Gasteiger partial charge in [0, 0.05) is 36.8 Å². The number of amides is 2.